The second-order valence-electron chi connectivity index (χ2n) is 5.11. The summed E-state index contributed by atoms with van der Waals surface area (Å²) in [6.45, 7) is 2.77. The van der Waals surface area contributed by atoms with E-state index in [0.29, 0.717) is 25.9 Å². The summed E-state index contributed by atoms with van der Waals surface area (Å²) < 4.78 is 0. The van der Waals surface area contributed by atoms with Gasteiger partial charge in [0.1, 0.15) is 5.54 Å². The topological polar surface area (TPSA) is 98.3 Å². The number of carbonyl (C=O) groups excluding carboxylic acids is 1. The van der Waals surface area contributed by atoms with Gasteiger partial charge in [0.25, 0.3) is 0 Å². The van der Waals surface area contributed by atoms with Crippen LogP contribution in [0.25, 0.3) is 0 Å². The Balaban J connectivity index is 2.05. The lowest BCUT2D eigenvalue weighted by molar-refractivity contribution is -0.148. The van der Waals surface area contributed by atoms with Crippen molar-refractivity contribution in [1.82, 2.24) is 20.4 Å². The van der Waals surface area contributed by atoms with E-state index in [4.69, 9.17) is 0 Å². The number of carboxylic acid groups (broad SMARTS) is 1. The average Bonchev–Trinajstić information content (AvgIpc) is 3.06. The van der Waals surface area contributed by atoms with Crippen molar-refractivity contribution in [3.05, 3.63) is 18.0 Å². The standard InChI is InChI=1S/C13H20N4O3/c1-2-4-13(11(18)19)5-3-6-17(13)12(20)14-7-10-8-15-16-9-10/h8-9H,2-7H2,1H3,(H,14,20)(H,15,16)(H,18,19). The summed E-state index contributed by atoms with van der Waals surface area (Å²) in [7, 11) is 0. The molecular formula is C13H20N4O3. The minimum atomic E-state index is -1.05. The minimum absolute atomic E-state index is 0.320. The Bertz CT molecular complexity index is 474. The molecule has 1 atom stereocenters. The molecule has 2 heterocycles. The molecular weight excluding hydrogens is 260 g/mol. The van der Waals surface area contributed by atoms with Crippen molar-refractivity contribution in [2.45, 2.75) is 44.7 Å². The third-order valence-electron chi connectivity index (χ3n) is 3.79. The predicted octanol–water partition coefficient (Wildman–Crippen LogP) is 1.34. The van der Waals surface area contributed by atoms with Crippen LogP contribution in [0.2, 0.25) is 0 Å². The van der Waals surface area contributed by atoms with Crippen LogP contribution in [0.1, 0.15) is 38.2 Å². The van der Waals surface area contributed by atoms with E-state index < -0.39 is 11.5 Å². The van der Waals surface area contributed by atoms with Crippen LogP contribution in [-0.4, -0.2) is 44.3 Å². The molecule has 3 N–H and O–H groups in total. The van der Waals surface area contributed by atoms with E-state index in [1.165, 1.54) is 4.90 Å². The lowest BCUT2D eigenvalue weighted by atomic mass is 9.91. The van der Waals surface area contributed by atoms with Crippen LogP contribution in [0.5, 0.6) is 0 Å². The van der Waals surface area contributed by atoms with Gasteiger partial charge in [-0.25, -0.2) is 9.59 Å². The predicted molar refractivity (Wildman–Crippen MR) is 72.0 cm³/mol. The molecule has 2 amide bonds. The van der Waals surface area contributed by atoms with E-state index >= 15 is 0 Å². The minimum Gasteiger partial charge on any atom is -0.479 e. The number of nitrogens with zero attached hydrogens (tertiary/aromatic N) is 2. The van der Waals surface area contributed by atoms with Crippen LogP contribution in [0.15, 0.2) is 12.4 Å². The molecule has 7 heteroatoms. The van der Waals surface area contributed by atoms with Crippen LogP contribution in [0.4, 0.5) is 4.79 Å². The highest BCUT2D eigenvalue weighted by atomic mass is 16.4. The molecule has 1 aliphatic rings. The molecule has 7 nitrogen and oxygen atoms in total. The van der Waals surface area contributed by atoms with Crippen LogP contribution in [0, 0.1) is 0 Å². The zero-order chi connectivity index (χ0) is 14.6. The summed E-state index contributed by atoms with van der Waals surface area (Å²) in [5.74, 6) is -0.907. The highest BCUT2D eigenvalue weighted by molar-refractivity contribution is 5.87. The first-order chi connectivity index (χ1) is 9.60. The maximum atomic E-state index is 12.3. The van der Waals surface area contributed by atoms with Gasteiger partial charge in [0, 0.05) is 24.8 Å². The second-order valence-corrected chi connectivity index (χ2v) is 5.11. The maximum Gasteiger partial charge on any atom is 0.329 e. The highest BCUT2D eigenvalue weighted by Crippen LogP contribution is 2.34. The third kappa shape index (κ3) is 2.61. The maximum absolute atomic E-state index is 12.3. The van der Waals surface area contributed by atoms with Gasteiger partial charge in [-0.05, 0) is 19.3 Å². The number of likely N-dealkylation sites (tertiary alicyclic amines) is 1. The lowest BCUT2D eigenvalue weighted by Gasteiger charge is -2.34. The van der Waals surface area contributed by atoms with Crippen LogP contribution in [-0.2, 0) is 11.3 Å². The van der Waals surface area contributed by atoms with Crippen molar-refractivity contribution in [3.8, 4) is 0 Å². The summed E-state index contributed by atoms with van der Waals surface area (Å²) in [5.41, 5.74) is -0.191. The largest absolute Gasteiger partial charge is 0.479 e. The molecule has 1 unspecified atom stereocenters. The number of hydrogen-bond acceptors (Lipinski definition) is 3. The van der Waals surface area contributed by atoms with Crippen molar-refractivity contribution in [2.75, 3.05) is 6.54 Å². The summed E-state index contributed by atoms with van der Waals surface area (Å²) in [5, 5.41) is 18.8. The van der Waals surface area contributed by atoms with E-state index in [0.717, 1.165) is 18.4 Å². The van der Waals surface area contributed by atoms with Gasteiger partial charge >= 0.3 is 12.0 Å². The Hall–Kier alpha value is -2.05. The fourth-order valence-electron chi connectivity index (χ4n) is 2.82. The zero-order valence-corrected chi connectivity index (χ0v) is 11.6. The molecule has 20 heavy (non-hydrogen) atoms. The van der Waals surface area contributed by atoms with E-state index in [9.17, 15) is 14.7 Å². The molecule has 1 aromatic heterocycles. The molecule has 1 fully saturated rings. The number of carbonyl (C=O) groups is 2. The average molecular weight is 280 g/mol. The van der Waals surface area contributed by atoms with Crippen molar-refractivity contribution < 1.29 is 14.7 Å². The van der Waals surface area contributed by atoms with Gasteiger partial charge in [-0.3, -0.25) is 5.10 Å². The Morgan fingerprint density at radius 1 is 1.60 bits per heavy atom. The number of aliphatic carboxylic acids is 1. The van der Waals surface area contributed by atoms with Gasteiger partial charge in [-0.15, -0.1) is 0 Å². The quantitative estimate of drug-likeness (QED) is 0.758. The van der Waals surface area contributed by atoms with Crippen molar-refractivity contribution in [1.29, 1.82) is 0 Å². The first-order valence-electron chi connectivity index (χ1n) is 6.86. The van der Waals surface area contributed by atoms with Gasteiger partial charge in [0.05, 0.1) is 6.20 Å². The first kappa shape index (κ1) is 14.4. The normalized spacial score (nSPS) is 21.9. The SMILES string of the molecule is CCCC1(C(=O)O)CCCN1C(=O)NCc1cn[nH]c1. The summed E-state index contributed by atoms with van der Waals surface area (Å²) in [4.78, 5) is 25.4. The third-order valence-corrected chi connectivity index (χ3v) is 3.79. The van der Waals surface area contributed by atoms with Gasteiger partial charge in [0.2, 0.25) is 0 Å². The Labute approximate surface area is 117 Å². The molecule has 0 spiro atoms. The molecule has 0 aliphatic carbocycles. The molecule has 2 rings (SSSR count). The number of rotatable bonds is 5. The van der Waals surface area contributed by atoms with E-state index in [1.54, 1.807) is 12.4 Å². The second kappa shape index (κ2) is 5.94. The number of H-pyrrole nitrogens is 1. The number of nitrogens with one attached hydrogen (secondary N) is 2. The Kier molecular flexibility index (Phi) is 4.26. The number of aromatic nitrogens is 2. The number of aromatic amines is 1. The van der Waals surface area contributed by atoms with E-state index in [-0.39, 0.29) is 6.03 Å². The molecule has 0 aromatic carbocycles. The Morgan fingerprint density at radius 2 is 2.40 bits per heavy atom. The zero-order valence-electron chi connectivity index (χ0n) is 11.6. The van der Waals surface area contributed by atoms with Gasteiger partial charge < -0.3 is 15.3 Å². The number of amides is 2. The van der Waals surface area contributed by atoms with Gasteiger partial charge in [-0.2, -0.15) is 5.10 Å². The molecule has 0 radical (unpaired) electrons. The van der Waals surface area contributed by atoms with Crippen molar-refractivity contribution in [3.63, 3.8) is 0 Å². The molecule has 110 valence electrons. The fraction of sp³-hybridized carbons (Fsp3) is 0.615. The molecule has 1 saturated heterocycles. The number of hydrogen-bond donors (Lipinski definition) is 3. The van der Waals surface area contributed by atoms with Gasteiger partial charge in [0.15, 0.2) is 0 Å². The summed E-state index contributed by atoms with van der Waals surface area (Å²) in [6, 6.07) is -0.320. The number of urea groups is 1. The monoisotopic (exact) mass is 280 g/mol. The highest BCUT2D eigenvalue weighted by Gasteiger charge is 2.49. The smallest absolute Gasteiger partial charge is 0.329 e. The van der Waals surface area contributed by atoms with E-state index in [2.05, 4.69) is 15.5 Å². The lowest BCUT2D eigenvalue weighted by Crippen LogP contribution is -2.55. The summed E-state index contributed by atoms with van der Waals surface area (Å²) in [6.07, 6.45) is 5.79. The van der Waals surface area contributed by atoms with Crippen LogP contribution >= 0.6 is 0 Å². The molecule has 1 aliphatic heterocycles. The van der Waals surface area contributed by atoms with E-state index in [1.807, 2.05) is 6.92 Å². The van der Waals surface area contributed by atoms with Crippen LogP contribution < -0.4 is 5.32 Å². The molecule has 1 aromatic rings. The van der Waals surface area contributed by atoms with Crippen molar-refractivity contribution in [2.24, 2.45) is 0 Å². The van der Waals surface area contributed by atoms with Gasteiger partial charge in [-0.1, -0.05) is 13.3 Å². The van der Waals surface area contributed by atoms with Crippen LogP contribution in [0.3, 0.4) is 0 Å². The number of carboxylic acids is 1. The Morgan fingerprint density at radius 3 is 3.00 bits per heavy atom. The molecule has 0 bridgehead atoms. The molecule has 0 saturated carbocycles. The summed E-state index contributed by atoms with van der Waals surface area (Å²) >= 11 is 0. The van der Waals surface area contributed by atoms with Crippen molar-refractivity contribution >= 4 is 12.0 Å². The first-order valence-corrected chi connectivity index (χ1v) is 6.86. The fourth-order valence-corrected chi connectivity index (χ4v) is 2.82.